The van der Waals surface area contributed by atoms with Crippen molar-refractivity contribution in [2.75, 3.05) is 35.7 Å². The Morgan fingerprint density at radius 1 is 1.09 bits per heavy atom. The van der Waals surface area contributed by atoms with Crippen molar-refractivity contribution in [1.82, 2.24) is 0 Å². The molecule has 0 radical (unpaired) electrons. The van der Waals surface area contributed by atoms with Gasteiger partial charge in [0.25, 0.3) is 0 Å². The molecule has 1 heterocycles. The molecule has 23 heavy (non-hydrogen) atoms. The van der Waals surface area contributed by atoms with Gasteiger partial charge in [-0.2, -0.15) is 0 Å². The Balaban J connectivity index is 1.47. The summed E-state index contributed by atoms with van der Waals surface area (Å²) >= 11 is 3.55. The van der Waals surface area contributed by atoms with Crippen molar-refractivity contribution in [3.8, 4) is 0 Å². The number of hydrogen-bond donors (Lipinski definition) is 2. The Morgan fingerprint density at radius 3 is 2.22 bits per heavy atom. The molecular weight excluding hydrogens is 366 g/mol. The standard InChI is InChI=1S/C17H23BrF2N2O/c18-9-16(11-23-12-16)10-21-13-1-3-14(4-2-13)22-15-5-7-17(19,20)8-6-15/h1-4,15,21-22H,5-12H2. The van der Waals surface area contributed by atoms with Gasteiger partial charge in [0.05, 0.1) is 13.2 Å². The monoisotopic (exact) mass is 388 g/mol. The van der Waals surface area contributed by atoms with Gasteiger partial charge in [0.1, 0.15) is 0 Å². The van der Waals surface area contributed by atoms with Crippen molar-refractivity contribution in [3.05, 3.63) is 24.3 Å². The van der Waals surface area contributed by atoms with Crippen molar-refractivity contribution in [2.24, 2.45) is 5.41 Å². The lowest BCUT2D eigenvalue weighted by molar-refractivity contribution is -0.0885. The van der Waals surface area contributed by atoms with Crippen LogP contribution in [0.3, 0.4) is 0 Å². The van der Waals surface area contributed by atoms with Gasteiger partial charge in [-0.05, 0) is 37.1 Å². The highest BCUT2D eigenvalue weighted by molar-refractivity contribution is 9.09. The van der Waals surface area contributed by atoms with Crippen LogP contribution in [0.4, 0.5) is 20.2 Å². The maximum Gasteiger partial charge on any atom is 0.248 e. The van der Waals surface area contributed by atoms with Crippen molar-refractivity contribution in [1.29, 1.82) is 0 Å². The number of anilines is 2. The maximum atomic E-state index is 13.2. The van der Waals surface area contributed by atoms with E-state index in [1.807, 2.05) is 24.3 Å². The quantitative estimate of drug-likeness (QED) is 0.703. The minimum Gasteiger partial charge on any atom is -0.384 e. The molecule has 1 saturated carbocycles. The first-order chi connectivity index (χ1) is 11.0. The van der Waals surface area contributed by atoms with E-state index >= 15 is 0 Å². The fraction of sp³-hybridized carbons (Fsp3) is 0.647. The minimum atomic E-state index is -2.47. The number of benzene rings is 1. The molecule has 128 valence electrons. The van der Waals surface area contributed by atoms with Crippen molar-refractivity contribution < 1.29 is 13.5 Å². The molecule has 2 aliphatic rings. The predicted molar refractivity (Wildman–Crippen MR) is 92.8 cm³/mol. The molecule has 6 heteroatoms. The van der Waals surface area contributed by atoms with Crippen LogP contribution in [0, 0.1) is 5.41 Å². The molecule has 3 rings (SSSR count). The second-order valence-electron chi connectivity index (χ2n) is 6.83. The summed E-state index contributed by atoms with van der Waals surface area (Å²) in [6, 6.07) is 8.22. The largest absolute Gasteiger partial charge is 0.384 e. The van der Waals surface area contributed by atoms with Crippen LogP contribution in [0.5, 0.6) is 0 Å². The van der Waals surface area contributed by atoms with E-state index in [1.165, 1.54) is 0 Å². The van der Waals surface area contributed by atoms with Gasteiger partial charge >= 0.3 is 0 Å². The van der Waals surface area contributed by atoms with Crippen LogP contribution in [-0.2, 0) is 4.74 Å². The summed E-state index contributed by atoms with van der Waals surface area (Å²) in [5.74, 6) is -2.47. The Hall–Kier alpha value is -0.880. The number of ether oxygens (including phenoxy) is 1. The molecule has 2 N–H and O–H groups in total. The molecular formula is C17H23BrF2N2O. The maximum absolute atomic E-state index is 13.2. The molecule has 1 saturated heterocycles. The molecule has 1 aliphatic heterocycles. The summed E-state index contributed by atoms with van der Waals surface area (Å²) < 4.78 is 31.6. The molecule has 0 atom stereocenters. The number of alkyl halides is 3. The van der Waals surface area contributed by atoms with Gasteiger partial charge in [-0.25, -0.2) is 8.78 Å². The highest BCUT2D eigenvalue weighted by atomic mass is 79.9. The molecule has 0 aromatic heterocycles. The summed E-state index contributed by atoms with van der Waals surface area (Å²) in [4.78, 5) is 0. The number of rotatable bonds is 6. The van der Waals surface area contributed by atoms with E-state index in [0.717, 1.165) is 36.5 Å². The third-order valence-corrected chi connectivity index (χ3v) is 5.93. The van der Waals surface area contributed by atoms with Crippen LogP contribution in [0.2, 0.25) is 0 Å². The zero-order valence-corrected chi connectivity index (χ0v) is 14.7. The summed E-state index contributed by atoms with van der Waals surface area (Å²) in [5, 5.41) is 7.74. The summed E-state index contributed by atoms with van der Waals surface area (Å²) in [6.45, 7) is 2.46. The van der Waals surface area contributed by atoms with Crippen molar-refractivity contribution >= 4 is 27.3 Å². The normalized spacial score (nSPS) is 23.1. The summed E-state index contributed by atoms with van der Waals surface area (Å²) in [6.07, 6.45) is 1.03. The van der Waals surface area contributed by atoms with E-state index in [-0.39, 0.29) is 24.3 Å². The Bertz CT molecular complexity index is 504. The van der Waals surface area contributed by atoms with Gasteiger partial charge in [0.15, 0.2) is 0 Å². The van der Waals surface area contributed by atoms with Gasteiger partial charge in [0.2, 0.25) is 5.92 Å². The average Bonchev–Trinajstić information content (AvgIpc) is 2.50. The SMILES string of the molecule is FC1(F)CCC(Nc2ccc(NCC3(CBr)COC3)cc2)CC1. The van der Waals surface area contributed by atoms with Crippen LogP contribution in [0.15, 0.2) is 24.3 Å². The highest BCUT2D eigenvalue weighted by Crippen LogP contribution is 2.34. The van der Waals surface area contributed by atoms with Crippen molar-refractivity contribution in [3.63, 3.8) is 0 Å². The molecule has 3 nitrogen and oxygen atoms in total. The molecule has 0 spiro atoms. The third-order valence-electron chi connectivity index (χ3n) is 4.74. The lowest BCUT2D eigenvalue weighted by atomic mass is 9.88. The topological polar surface area (TPSA) is 33.3 Å². The zero-order valence-electron chi connectivity index (χ0n) is 13.1. The van der Waals surface area contributed by atoms with E-state index in [0.29, 0.717) is 12.8 Å². The van der Waals surface area contributed by atoms with E-state index in [4.69, 9.17) is 4.74 Å². The Labute approximate surface area is 144 Å². The van der Waals surface area contributed by atoms with Crippen LogP contribution < -0.4 is 10.6 Å². The summed E-state index contributed by atoms with van der Waals surface area (Å²) in [5.41, 5.74) is 2.26. The third kappa shape index (κ3) is 4.35. The predicted octanol–water partition coefficient (Wildman–Crippen LogP) is 4.50. The van der Waals surface area contributed by atoms with Gasteiger partial charge in [-0.1, -0.05) is 15.9 Å². The fourth-order valence-corrected chi connectivity index (χ4v) is 3.53. The molecule has 1 aromatic rings. The van der Waals surface area contributed by atoms with Crippen LogP contribution in [0.25, 0.3) is 0 Å². The zero-order chi connectivity index (χ0) is 16.3. The molecule has 2 fully saturated rings. The molecule has 1 aromatic carbocycles. The lowest BCUT2D eigenvalue weighted by Gasteiger charge is -2.40. The molecule has 0 unspecified atom stereocenters. The number of nitrogens with one attached hydrogen (secondary N) is 2. The fourth-order valence-electron chi connectivity index (χ4n) is 3.01. The molecule has 0 amide bonds. The second-order valence-corrected chi connectivity index (χ2v) is 7.39. The van der Waals surface area contributed by atoms with E-state index in [9.17, 15) is 8.78 Å². The van der Waals surface area contributed by atoms with Gasteiger partial charge in [-0.3, -0.25) is 0 Å². The number of halogens is 3. The van der Waals surface area contributed by atoms with E-state index in [1.54, 1.807) is 0 Å². The van der Waals surface area contributed by atoms with Gasteiger partial charge < -0.3 is 15.4 Å². The smallest absolute Gasteiger partial charge is 0.248 e. The second kappa shape index (κ2) is 6.93. The minimum absolute atomic E-state index is 0.0129. The van der Waals surface area contributed by atoms with Gasteiger partial charge in [-0.15, -0.1) is 0 Å². The Morgan fingerprint density at radius 2 is 1.70 bits per heavy atom. The van der Waals surface area contributed by atoms with Crippen LogP contribution in [0.1, 0.15) is 25.7 Å². The summed E-state index contributed by atoms with van der Waals surface area (Å²) in [7, 11) is 0. The molecule has 1 aliphatic carbocycles. The van der Waals surface area contributed by atoms with Crippen molar-refractivity contribution in [2.45, 2.75) is 37.6 Å². The number of hydrogen-bond acceptors (Lipinski definition) is 3. The first-order valence-electron chi connectivity index (χ1n) is 8.12. The lowest BCUT2D eigenvalue weighted by Crippen LogP contribution is -2.49. The van der Waals surface area contributed by atoms with Crippen LogP contribution >= 0.6 is 15.9 Å². The highest BCUT2D eigenvalue weighted by Gasteiger charge is 2.37. The first kappa shape index (κ1) is 17.0. The first-order valence-corrected chi connectivity index (χ1v) is 9.25. The average molecular weight is 389 g/mol. The van der Waals surface area contributed by atoms with E-state index in [2.05, 4.69) is 26.6 Å². The van der Waals surface area contributed by atoms with E-state index < -0.39 is 5.92 Å². The Kier molecular flexibility index (Phi) is 5.11. The van der Waals surface area contributed by atoms with Gasteiger partial charge in [0, 0.05) is 47.5 Å². The molecule has 0 bridgehead atoms. The van der Waals surface area contributed by atoms with Crippen LogP contribution in [-0.4, -0.2) is 37.1 Å².